The molecule has 11 heavy (non-hydrogen) atoms. The summed E-state index contributed by atoms with van der Waals surface area (Å²) in [5, 5.41) is 0.589. The maximum Gasteiger partial charge on any atom is 0.166 e. The third-order valence-electron chi connectivity index (χ3n) is 1.53. The summed E-state index contributed by atoms with van der Waals surface area (Å²) in [5.41, 5.74) is 0.963. The monoisotopic (exact) mass is 190 g/mol. The Balaban J connectivity index is 2.32. The summed E-state index contributed by atoms with van der Waals surface area (Å²) in [6, 6.07) is 0. The first-order valence-electron chi connectivity index (χ1n) is 3.81. The highest BCUT2D eigenvalue weighted by atomic mass is 35.5. The van der Waals surface area contributed by atoms with Crippen LogP contribution in [-0.2, 0) is 6.42 Å². The molecule has 1 rings (SSSR count). The van der Waals surface area contributed by atoms with E-state index < -0.39 is 0 Å². The molecule has 0 atom stereocenters. The van der Waals surface area contributed by atoms with Crippen LogP contribution in [0.4, 0.5) is 0 Å². The number of rotatable bonds is 4. The fourth-order valence-electron chi connectivity index (χ4n) is 0.887. The number of halogens is 1. The molecule has 0 radical (unpaired) electrons. The van der Waals surface area contributed by atoms with Gasteiger partial charge in [-0.15, -0.1) is 0 Å². The zero-order valence-electron chi connectivity index (χ0n) is 6.51. The van der Waals surface area contributed by atoms with E-state index in [2.05, 4.69) is 15.7 Å². The van der Waals surface area contributed by atoms with E-state index in [9.17, 15) is 0 Å². The average Bonchev–Trinajstić information content (AvgIpc) is 2.37. The van der Waals surface area contributed by atoms with Crippen molar-refractivity contribution < 1.29 is 0 Å². The van der Waals surface area contributed by atoms with Crippen LogP contribution < -0.4 is 0 Å². The molecule has 0 bridgehead atoms. The van der Waals surface area contributed by atoms with E-state index in [0.717, 1.165) is 12.1 Å². The quantitative estimate of drug-likeness (QED) is 0.683. The van der Waals surface area contributed by atoms with E-state index in [1.807, 2.05) is 0 Å². The van der Waals surface area contributed by atoms with Gasteiger partial charge < -0.3 is 0 Å². The van der Waals surface area contributed by atoms with Gasteiger partial charge in [0.1, 0.15) is 0 Å². The zero-order chi connectivity index (χ0) is 8.10. The van der Waals surface area contributed by atoms with Crippen molar-refractivity contribution in [3.05, 3.63) is 10.8 Å². The first-order chi connectivity index (χ1) is 5.34. The lowest BCUT2D eigenvalue weighted by molar-refractivity contribution is 0.711. The molecule has 0 N–H and O–H groups in total. The molecule has 0 aliphatic heterocycles. The van der Waals surface area contributed by atoms with Gasteiger partial charge in [-0.05, 0) is 12.8 Å². The van der Waals surface area contributed by atoms with Crippen molar-refractivity contribution in [3.63, 3.8) is 0 Å². The van der Waals surface area contributed by atoms with Crippen molar-refractivity contribution in [2.75, 3.05) is 0 Å². The predicted molar refractivity (Wildman–Crippen MR) is 48.1 cm³/mol. The summed E-state index contributed by atoms with van der Waals surface area (Å²) >= 11 is 6.95. The Bertz CT molecular complexity index is 212. The van der Waals surface area contributed by atoms with E-state index >= 15 is 0 Å². The highest BCUT2D eigenvalue weighted by Crippen LogP contribution is 2.14. The lowest BCUT2D eigenvalue weighted by Crippen LogP contribution is -1.85. The largest absolute Gasteiger partial charge is 0.176 e. The second kappa shape index (κ2) is 4.67. The number of aryl methyl sites for hydroxylation is 1. The molecule has 0 aromatic carbocycles. The van der Waals surface area contributed by atoms with Crippen LogP contribution in [-0.4, -0.2) is 8.75 Å². The molecule has 0 amide bonds. The molecule has 0 aliphatic carbocycles. The summed E-state index contributed by atoms with van der Waals surface area (Å²) in [4.78, 5) is 0. The van der Waals surface area contributed by atoms with Crippen molar-refractivity contribution in [2.45, 2.75) is 32.6 Å². The molecule has 0 spiro atoms. The van der Waals surface area contributed by atoms with Crippen LogP contribution in [0.5, 0.6) is 0 Å². The van der Waals surface area contributed by atoms with Crippen LogP contribution in [0, 0.1) is 0 Å². The van der Waals surface area contributed by atoms with Gasteiger partial charge in [0, 0.05) is 0 Å². The minimum atomic E-state index is 0.589. The first kappa shape index (κ1) is 8.94. The molecule has 1 aromatic heterocycles. The molecule has 4 heteroatoms. The molecule has 1 aromatic rings. The normalized spacial score (nSPS) is 10.4. The van der Waals surface area contributed by atoms with E-state index in [0.29, 0.717) is 5.15 Å². The third kappa shape index (κ3) is 2.75. The van der Waals surface area contributed by atoms with E-state index in [1.165, 1.54) is 31.0 Å². The molecule has 0 saturated carbocycles. The second-order valence-corrected chi connectivity index (χ2v) is 3.35. The van der Waals surface area contributed by atoms with Gasteiger partial charge in [-0.1, -0.05) is 31.4 Å². The standard InChI is InChI=1S/C7H11ClN2S/c1-2-3-4-5-6-7(8)10-11-9-6/h2-5H2,1H3. The smallest absolute Gasteiger partial charge is 0.166 e. The fraction of sp³-hybridized carbons (Fsp3) is 0.714. The molecule has 0 unspecified atom stereocenters. The maximum absolute atomic E-state index is 5.76. The Morgan fingerprint density at radius 2 is 2.18 bits per heavy atom. The number of nitrogens with zero attached hydrogens (tertiary/aromatic N) is 2. The zero-order valence-corrected chi connectivity index (χ0v) is 8.08. The van der Waals surface area contributed by atoms with Gasteiger partial charge in [0.15, 0.2) is 5.15 Å². The third-order valence-corrected chi connectivity index (χ3v) is 2.50. The Morgan fingerprint density at radius 1 is 1.36 bits per heavy atom. The second-order valence-electron chi connectivity index (χ2n) is 2.46. The van der Waals surface area contributed by atoms with Gasteiger partial charge in [0.05, 0.1) is 17.4 Å². The minimum absolute atomic E-state index is 0.589. The average molecular weight is 191 g/mol. The Hall–Kier alpha value is -0.150. The van der Waals surface area contributed by atoms with Crippen LogP contribution in [0.2, 0.25) is 5.15 Å². The maximum atomic E-state index is 5.76. The molecule has 62 valence electrons. The SMILES string of the molecule is CCCCCc1nsnc1Cl. The summed E-state index contributed by atoms with van der Waals surface area (Å²) in [6.45, 7) is 2.18. The van der Waals surface area contributed by atoms with Crippen molar-refractivity contribution in [1.82, 2.24) is 8.75 Å². The number of unbranched alkanes of at least 4 members (excludes halogenated alkanes) is 2. The van der Waals surface area contributed by atoms with Gasteiger partial charge >= 0.3 is 0 Å². The van der Waals surface area contributed by atoms with Crippen molar-refractivity contribution in [3.8, 4) is 0 Å². The van der Waals surface area contributed by atoms with Crippen molar-refractivity contribution in [2.24, 2.45) is 0 Å². The molecule has 0 aliphatic rings. The van der Waals surface area contributed by atoms with Gasteiger partial charge in [-0.25, -0.2) is 0 Å². The van der Waals surface area contributed by atoms with Crippen LogP contribution >= 0.6 is 23.3 Å². The van der Waals surface area contributed by atoms with Crippen LogP contribution in [0.1, 0.15) is 31.9 Å². The molecule has 2 nitrogen and oxygen atoms in total. The van der Waals surface area contributed by atoms with Gasteiger partial charge in [-0.3, -0.25) is 0 Å². The number of hydrogen-bond donors (Lipinski definition) is 0. The van der Waals surface area contributed by atoms with E-state index in [4.69, 9.17) is 11.6 Å². The van der Waals surface area contributed by atoms with E-state index in [-0.39, 0.29) is 0 Å². The minimum Gasteiger partial charge on any atom is -0.176 e. The molecule has 0 saturated heterocycles. The predicted octanol–water partition coefficient (Wildman–Crippen LogP) is 2.92. The van der Waals surface area contributed by atoms with Gasteiger partial charge in [-0.2, -0.15) is 8.75 Å². The molecule has 0 fully saturated rings. The Kier molecular flexibility index (Phi) is 3.80. The van der Waals surface area contributed by atoms with Crippen molar-refractivity contribution >= 4 is 23.3 Å². The highest BCUT2D eigenvalue weighted by Gasteiger charge is 2.03. The molecular weight excluding hydrogens is 180 g/mol. The number of hydrogen-bond acceptors (Lipinski definition) is 3. The Labute approximate surface area is 75.9 Å². The summed E-state index contributed by atoms with van der Waals surface area (Å²) in [5.74, 6) is 0. The van der Waals surface area contributed by atoms with Crippen LogP contribution in [0.3, 0.4) is 0 Å². The molecule has 1 heterocycles. The summed E-state index contributed by atoms with van der Waals surface area (Å²) < 4.78 is 7.98. The van der Waals surface area contributed by atoms with Gasteiger partial charge in [0.2, 0.25) is 0 Å². The topological polar surface area (TPSA) is 25.8 Å². The summed E-state index contributed by atoms with van der Waals surface area (Å²) in [6.07, 6.45) is 4.62. The van der Waals surface area contributed by atoms with Crippen LogP contribution in [0.25, 0.3) is 0 Å². The fourth-order valence-corrected chi connectivity index (χ4v) is 1.66. The van der Waals surface area contributed by atoms with Gasteiger partial charge in [0.25, 0.3) is 0 Å². The Morgan fingerprint density at radius 3 is 2.73 bits per heavy atom. The van der Waals surface area contributed by atoms with Crippen LogP contribution in [0.15, 0.2) is 0 Å². The lowest BCUT2D eigenvalue weighted by Gasteiger charge is -1.93. The lowest BCUT2D eigenvalue weighted by atomic mass is 10.2. The highest BCUT2D eigenvalue weighted by molar-refractivity contribution is 6.99. The molecular formula is C7H11ClN2S. The number of aromatic nitrogens is 2. The summed E-state index contributed by atoms with van der Waals surface area (Å²) in [7, 11) is 0. The first-order valence-corrected chi connectivity index (χ1v) is 4.92. The van der Waals surface area contributed by atoms with Crippen molar-refractivity contribution in [1.29, 1.82) is 0 Å². The van der Waals surface area contributed by atoms with E-state index in [1.54, 1.807) is 0 Å².